The molecule has 3 aromatic rings. The fourth-order valence-corrected chi connectivity index (χ4v) is 3.19. The second kappa shape index (κ2) is 5.85. The van der Waals surface area contributed by atoms with Crippen molar-refractivity contribution in [3.05, 3.63) is 55.8 Å². The summed E-state index contributed by atoms with van der Waals surface area (Å²) in [6.45, 7) is 2.88. The number of rotatable bonds is 3. The monoisotopic (exact) mass is 375 g/mol. The van der Waals surface area contributed by atoms with Crippen LogP contribution in [0.5, 0.6) is 0 Å². The van der Waals surface area contributed by atoms with E-state index in [4.69, 9.17) is 0 Å². The Kier molecular flexibility index (Phi) is 4.02. The van der Waals surface area contributed by atoms with Crippen LogP contribution in [0.2, 0.25) is 0 Å². The second-order valence-electron chi connectivity index (χ2n) is 5.64. The lowest BCUT2D eigenvalue weighted by Crippen LogP contribution is -2.36. The molecule has 0 N–H and O–H groups in total. The topological polar surface area (TPSA) is 48.9 Å². The molecule has 0 fully saturated rings. The Morgan fingerprint density at radius 1 is 1.04 bits per heavy atom. The predicted molar refractivity (Wildman–Crippen MR) is 95.8 cm³/mol. The Labute approximate surface area is 141 Å². The highest BCUT2D eigenvalue weighted by molar-refractivity contribution is 9.10. The van der Waals surface area contributed by atoms with Crippen LogP contribution in [0.1, 0.15) is 13.3 Å². The lowest BCUT2D eigenvalue weighted by Gasteiger charge is -2.09. The van der Waals surface area contributed by atoms with Gasteiger partial charge in [0.25, 0.3) is 5.56 Å². The summed E-state index contributed by atoms with van der Waals surface area (Å²) >= 11 is 3.44. The maximum atomic E-state index is 12.7. The van der Waals surface area contributed by atoms with Gasteiger partial charge in [-0.2, -0.15) is 0 Å². The standard InChI is InChI=1S/C17H18BrN3O2/c1-4-9-21-10-13-14(16(22)20(3)17(23)19(13)2)15(21)11-5-7-12(18)8-6-11/h5-8,10H,4,9H2,1-3H3. The van der Waals surface area contributed by atoms with E-state index in [9.17, 15) is 9.59 Å². The van der Waals surface area contributed by atoms with Gasteiger partial charge in [-0.15, -0.1) is 0 Å². The number of fused-ring (bicyclic) bond motifs is 1. The molecule has 0 bridgehead atoms. The van der Waals surface area contributed by atoms with Gasteiger partial charge >= 0.3 is 5.69 Å². The maximum Gasteiger partial charge on any atom is 0.330 e. The van der Waals surface area contributed by atoms with Gasteiger partial charge in [0, 0.05) is 31.3 Å². The van der Waals surface area contributed by atoms with Gasteiger partial charge in [0.1, 0.15) is 0 Å². The van der Waals surface area contributed by atoms with Gasteiger partial charge in [-0.3, -0.25) is 13.9 Å². The molecule has 0 saturated carbocycles. The van der Waals surface area contributed by atoms with Crippen LogP contribution in [0.4, 0.5) is 0 Å². The molecular formula is C17H18BrN3O2. The molecule has 0 amide bonds. The summed E-state index contributed by atoms with van der Waals surface area (Å²) in [6.07, 6.45) is 2.85. The Hall–Kier alpha value is -2.08. The van der Waals surface area contributed by atoms with Crippen molar-refractivity contribution in [1.82, 2.24) is 13.7 Å². The predicted octanol–water partition coefficient (Wildman–Crippen LogP) is 2.88. The van der Waals surface area contributed by atoms with Crippen molar-refractivity contribution >= 4 is 26.8 Å². The first-order valence-electron chi connectivity index (χ1n) is 7.50. The molecule has 0 atom stereocenters. The van der Waals surface area contributed by atoms with Crippen molar-refractivity contribution < 1.29 is 0 Å². The van der Waals surface area contributed by atoms with Crippen molar-refractivity contribution in [2.45, 2.75) is 19.9 Å². The molecule has 6 heteroatoms. The third kappa shape index (κ3) is 2.47. The van der Waals surface area contributed by atoms with Crippen LogP contribution in [0.3, 0.4) is 0 Å². The van der Waals surface area contributed by atoms with Crippen LogP contribution < -0.4 is 11.2 Å². The van der Waals surface area contributed by atoms with E-state index in [1.165, 1.54) is 16.2 Å². The molecule has 23 heavy (non-hydrogen) atoms. The zero-order valence-corrected chi connectivity index (χ0v) is 14.9. The van der Waals surface area contributed by atoms with E-state index in [0.29, 0.717) is 10.9 Å². The molecule has 5 nitrogen and oxygen atoms in total. The Bertz CT molecular complexity index is 994. The fraction of sp³-hybridized carbons (Fsp3) is 0.294. The van der Waals surface area contributed by atoms with Gasteiger partial charge in [-0.1, -0.05) is 35.0 Å². The van der Waals surface area contributed by atoms with E-state index in [1.54, 1.807) is 7.05 Å². The minimum atomic E-state index is -0.307. The van der Waals surface area contributed by atoms with Crippen LogP contribution in [-0.4, -0.2) is 13.7 Å². The Morgan fingerprint density at radius 2 is 1.70 bits per heavy atom. The van der Waals surface area contributed by atoms with Crippen molar-refractivity contribution in [2.75, 3.05) is 0 Å². The normalized spacial score (nSPS) is 11.3. The third-order valence-electron chi connectivity index (χ3n) is 4.09. The van der Waals surface area contributed by atoms with Gasteiger partial charge in [-0.25, -0.2) is 4.79 Å². The third-order valence-corrected chi connectivity index (χ3v) is 4.62. The Morgan fingerprint density at radius 3 is 2.30 bits per heavy atom. The number of hydrogen-bond donors (Lipinski definition) is 0. The summed E-state index contributed by atoms with van der Waals surface area (Å²) in [5.41, 5.74) is 1.94. The highest BCUT2D eigenvalue weighted by Gasteiger charge is 2.18. The summed E-state index contributed by atoms with van der Waals surface area (Å²) in [4.78, 5) is 24.9. The number of hydrogen-bond acceptors (Lipinski definition) is 2. The second-order valence-corrected chi connectivity index (χ2v) is 6.56. The minimum Gasteiger partial charge on any atom is -0.345 e. The first-order valence-corrected chi connectivity index (χ1v) is 8.29. The molecule has 0 radical (unpaired) electrons. The maximum absolute atomic E-state index is 12.7. The van der Waals surface area contributed by atoms with E-state index >= 15 is 0 Å². The quantitative estimate of drug-likeness (QED) is 0.706. The highest BCUT2D eigenvalue weighted by Crippen LogP contribution is 2.29. The van der Waals surface area contributed by atoms with E-state index in [-0.39, 0.29) is 11.2 Å². The zero-order valence-electron chi connectivity index (χ0n) is 13.3. The number of aromatic nitrogens is 3. The molecule has 0 unspecified atom stereocenters. The van der Waals surface area contributed by atoms with Crippen LogP contribution >= 0.6 is 15.9 Å². The van der Waals surface area contributed by atoms with Crippen molar-refractivity contribution in [1.29, 1.82) is 0 Å². The van der Waals surface area contributed by atoms with Crippen LogP contribution in [0.15, 0.2) is 44.5 Å². The van der Waals surface area contributed by atoms with Crippen molar-refractivity contribution in [3.8, 4) is 11.3 Å². The summed E-state index contributed by atoms with van der Waals surface area (Å²) in [6, 6.07) is 7.87. The lowest BCUT2D eigenvalue weighted by molar-refractivity contribution is 0.689. The first kappa shape index (κ1) is 15.8. The minimum absolute atomic E-state index is 0.254. The molecule has 3 rings (SSSR count). The van der Waals surface area contributed by atoms with E-state index in [0.717, 1.165) is 28.7 Å². The van der Waals surface area contributed by atoms with Crippen LogP contribution in [0, 0.1) is 0 Å². The molecule has 0 aliphatic rings. The summed E-state index contributed by atoms with van der Waals surface area (Å²) in [7, 11) is 3.22. The van der Waals surface area contributed by atoms with Crippen molar-refractivity contribution in [2.24, 2.45) is 14.1 Å². The number of benzene rings is 1. The molecule has 0 aliphatic heterocycles. The number of nitrogens with zero attached hydrogens (tertiary/aromatic N) is 3. The summed E-state index contributed by atoms with van der Waals surface area (Å²) in [5, 5.41) is 0.588. The molecule has 120 valence electrons. The zero-order chi connectivity index (χ0) is 16.7. The van der Waals surface area contributed by atoms with E-state index in [2.05, 4.69) is 27.4 Å². The first-order chi connectivity index (χ1) is 11.0. The van der Waals surface area contributed by atoms with Crippen LogP contribution in [-0.2, 0) is 20.6 Å². The smallest absolute Gasteiger partial charge is 0.330 e. The van der Waals surface area contributed by atoms with Gasteiger partial charge in [-0.05, 0) is 24.1 Å². The molecule has 2 heterocycles. The van der Waals surface area contributed by atoms with Gasteiger partial charge < -0.3 is 4.57 Å². The number of halogens is 1. The van der Waals surface area contributed by atoms with Gasteiger partial charge in [0.15, 0.2) is 0 Å². The van der Waals surface area contributed by atoms with Gasteiger partial charge in [0.2, 0.25) is 0 Å². The highest BCUT2D eigenvalue weighted by atomic mass is 79.9. The molecule has 0 saturated heterocycles. The SMILES string of the molecule is CCCn1cc2c(c1-c1ccc(Br)cc1)c(=O)n(C)c(=O)n2C. The van der Waals surface area contributed by atoms with Crippen molar-refractivity contribution in [3.63, 3.8) is 0 Å². The van der Waals surface area contributed by atoms with Crippen LogP contribution in [0.25, 0.3) is 22.2 Å². The average molecular weight is 376 g/mol. The average Bonchev–Trinajstić information content (AvgIpc) is 2.91. The van der Waals surface area contributed by atoms with Gasteiger partial charge in [0.05, 0.1) is 16.6 Å². The lowest BCUT2D eigenvalue weighted by atomic mass is 10.1. The molecular weight excluding hydrogens is 358 g/mol. The van der Waals surface area contributed by atoms with E-state index in [1.807, 2.05) is 30.5 Å². The molecule has 0 spiro atoms. The summed E-state index contributed by atoms with van der Waals surface area (Å²) < 4.78 is 5.75. The Balaban J connectivity index is 2.48. The largest absolute Gasteiger partial charge is 0.345 e. The fourth-order valence-electron chi connectivity index (χ4n) is 2.92. The number of aryl methyl sites for hydroxylation is 2. The molecule has 0 aliphatic carbocycles. The summed E-state index contributed by atoms with van der Waals surface area (Å²) in [5.74, 6) is 0. The molecule has 2 aromatic heterocycles. The van der Waals surface area contributed by atoms with E-state index < -0.39 is 0 Å². The molecule has 1 aromatic carbocycles.